The number of carbonyl (C=O) groups excluding carboxylic acids is 1. The lowest BCUT2D eigenvalue weighted by Gasteiger charge is -2.36. The van der Waals surface area contributed by atoms with Gasteiger partial charge in [-0.05, 0) is 25.0 Å². The number of rotatable bonds is 5. The van der Waals surface area contributed by atoms with Crippen LogP contribution in [0.1, 0.15) is 12.8 Å². The monoisotopic (exact) mass is 335 g/mol. The van der Waals surface area contributed by atoms with Crippen LogP contribution in [0.4, 0.5) is 4.79 Å². The zero-order chi connectivity index (χ0) is 16.2. The molecule has 2 heterocycles. The molecule has 126 valence electrons. The van der Waals surface area contributed by atoms with Crippen LogP contribution in [-0.2, 0) is 10.8 Å². The molecule has 2 fully saturated rings. The average molecular weight is 335 g/mol. The van der Waals surface area contributed by atoms with E-state index in [1.165, 1.54) is 0 Å². The summed E-state index contributed by atoms with van der Waals surface area (Å²) in [7, 11) is 0.952. The number of urea groups is 1. The topological polar surface area (TPSA) is 43.9 Å². The standard InChI is InChI=1S/C17H25N3O2S/c1-18-11-12-20(17(18)21)15-7-9-19(10-8-15)13-14-23(22)16-5-3-2-4-6-16/h2-6,15H,7-14H2,1H3/t23-/m0/s1. The summed E-state index contributed by atoms with van der Waals surface area (Å²) >= 11 is 0. The fourth-order valence-corrected chi connectivity index (χ4v) is 4.48. The second-order valence-electron chi connectivity index (χ2n) is 6.33. The summed E-state index contributed by atoms with van der Waals surface area (Å²) in [6.07, 6.45) is 2.05. The van der Waals surface area contributed by atoms with Crippen molar-refractivity contribution in [2.45, 2.75) is 23.8 Å². The molecular weight excluding hydrogens is 310 g/mol. The number of piperidine rings is 1. The van der Waals surface area contributed by atoms with E-state index in [0.29, 0.717) is 11.8 Å². The Hall–Kier alpha value is -1.40. The van der Waals surface area contributed by atoms with Gasteiger partial charge in [-0.25, -0.2) is 4.79 Å². The maximum Gasteiger partial charge on any atom is 0.320 e. The number of carbonyl (C=O) groups is 1. The van der Waals surface area contributed by atoms with Gasteiger partial charge in [0.15, 0.2) is 0 Å². The molecule has 0 aromatic heterocycles. The highest BCUT2D eigenvalue weighted by Gasteiger charge is 2.33. The first-order chi connectivity index (χ1) is 11.1. The quantitative estimate of drug-likeness (QED) is 0.821. The Balaban J connectivity index is 1.43. The van der Waals surface area contributed by atoms with E-state index in [9.17, 15) is 9.00 Å². The van der Waals surface area contributed by atoms with Gasteiger partial charge in [0.05, 0.1) is 10.8 Å². The molecule has 0 unspecified atom stereocenters. The van der Waals surface area contributed by atoms with Crippen LogP contribution < -0.4 is 0 Å². The van der Waals surface area contributed by atoms with Crippen LogP contribution in [0.25, 0.3) is 0 Å². The molecule has 3 rings (SSSR count). The Morgan fingerprint density at radius 1 is 1.09 bits per heavy atom. The Kier molecular flexibility index (Phi) is 5.33. The Morgan fingerprint density at radius 3 is 2.39 bits per heavy atom. The Bertz CT molecular complexity index is 558. The summed E-state index contributed by atoms with van der Waals surface area (Å²) in [6, 6.07) is 10.2. The van der Waals surface area contributed by atoms with Crippen LogP contribution in [0.15, 0.2) is 35.2 Å². The zero-order valence-electron chi connectivity index (χ0n) is 13.7. The number of amides is 2. The summed E-state index contributed by atoms with van der Waals surface area (Å²) in [4.78, 5) is 19.2. The molecule has 23 heavy (non-hydrogen) atoms. The van der Waals surface area contributed by atoms with E-state index in [2.05, 4.69) is 4.90 Å². The van der Waals surface area contributed by atoms with Gasteiger partial charge in [-0.1, -0.05) is 18.2 Å². The van der Waals surface area contributed by atoms with Gasteiger partial charge >= 0.3 is 6.03 Å². The van der Waals surface area contributed by atoms with Gasteiger partial charge in [-0.3, -0.25) is 4.21 Å². The van der Waals surface area contributed by atoms with Crippen molar-refractivity contribution in [3.8, 4) is 0 Å². The van der Waals surface area contributed by atoms with E-state index in [4.69, 9.17) is 0 Å². The molecule has 1 atom stereocenters. The first kappa shape index (κ1) is 16.5. The van der Waals surface area contributed by atoms with E-state index >= 15 is 0 Å². The lowest BCUT2D eigenvalue weighted by molar-refractivity contribution is 0.135. The number of benzene rings is 1. The van der Waals surface area contributed by atoms with E-state index < -0.39 is 10.8 Å². The maximum absolute atomic E-state index is 12.3. The largest absolute Gasteiger partial charge is 0.326 e. The fraction of sp³-hybridized carbons (Fsp3) is 0.588. The summed E-state index contributed by atoms with van der Waals surface area (Å²) in [5, 5.41) is 0. The van der Waals surface area contributed by atoms with Crippen LogP contribution in [-0.4, -0.2) is 76.5 Å². The first-order valence-corrected chi connectivity index (χ1v) is 9.64. The van der Waals surface area contributed by atoms with Crippen LogP contribution in [0, 0.1) is 0 Å². The summed E-state index contributed by atoms with van der Waals surface area (Å²) < 4.78 is 12.3. The Morgan fingerprint density at radius 2 is 1.78 bits per heavy atom. The highest BCUT2D eigenvalue weighted by Crippen LogP contribution is 2.20. The summed E-state index contributed by atoms with van der Waals surface area (Å²) in [5.41, 5.74) is 0. The molecule has 2 saturated heterocycles. The van der Waals surface area contributed by atoms with Gasteiger partial charge in [-0.2, -0.15) is 0 Å². The normalized spacial score (nSPS) is 21.9. The lowest BCUT2D eigenvalue weighted by Crippen LogP contribution is -2.46. The van der Waals surface area contributed by atoms with Crippen molar-refractivity contribution in [1.82, 2.24) is 14.7 Å². The molecule has 0 N–H and O–H groups in total. The maximum atomic E-state index is 12.3. The number of likely N-dealkylation sites (N-methyl/N-ethyl adjacent to an activating group) is 1. The van der Waals surface area contributed by atoms with Crippen LogP contribution in [0.3, 0.4) is 0 Å². The molecular formula is C17H25N3O2S. The number of hydrogen-bond donors (Lipinski definition) is 0. The molecule has 0 radical (unpaired) electrons. The van der Waals surface area contributed by atoms with Crippen LogP contribution in [0.5, 0.6) is 0 Å². The Labute approximate surface area is 140 Å². The molecule has 2 aliphatic rings. The first-order valence-electron chi connectivity index (χ1n) is 8.32. The molecule has 0 saturated carbocycles. The average Bonchev–Trinajstić information content (AvgIpc) is 2.93. The second-order valence-corrected chi connectivity index (χ2v) is 7.90. The molecule has 0 spiro atoms. The van der Waals surface area contributed by atoms with Crippen LogP contribution in [0.2, 0.25) is 0 Å². The zero-order valence-corrected chi connectivity index (χ0v) is 14.5. The third-order valence-electron chi connectivity index (χ3n) is 4.85. The minimum absolute atomic E-state index is 0.175. The highest BCUT2D eigenvalue weighted by atomic mass is 32.2. The van der Waals surface area contributed by atoms with Crippen molar-refractivity contribution >= 4 is 16.8 Å². The van der Waals surface area contributed by atoms with Gasteiger partial charge < -0.3 is 14.7 Å². The number of nitrogens with zero attached hydrogens (tertiary/aromatic N) is 3. The van der Waals surface area contributed by atoms with Crippen molar-refractivity contribution in [3.63, 3.8) is 0 Å². The van der Waals surface area contributed by atoms with Crippen LogP contribution >= 0.6 is 0 Å². The molecule has 6 heteroatoms. The molecule has 2 aliphatic heterocycles. The van der Waals surface area contributed by atoms with Crippen molar-refractivity contribution in [3.05, 3.63) is 30.3 Å². The molecule has 2 amide bonds. The smallest absolute Gasteiger partial charge is 0.320 e. The molecule has 0 aliphatic carbocycles. The fourth-order valence-electron chi connectivity index (χ4n) is 3.36. The molecule has 1 aromatic rings. The van der Waals surface area contributed by atoms with Gasteiger partial charge in [0.25, 0.3) is 0 Å². The molecule has 0 bridgehead atoms. The predicted molar refractivity (Wildman–Crippen MR) is 91.9 cm³/mol. The summed E-state index contributed by atoms with van der Waals surface area (Å²) in [6.45, 7) is 4.55. The summed E-state index contributed by atoms with van der Waals surface area (Å²) in [5.74, 6) is 0.681. The number of hydrogen-bond acceptors (Lipinski definition) is 3. The van der Waals surface area contributed by atoms with E-state index in [-0.39, 0.29) is 6.03 Å². The highest BCUT2D eigenvalue weighted by molar-refractivity contribution is 7.85. The van der Waals surface area contributed by atoms with Crippen molar-refractivity contribution in [1.29, 1.82) is 0 Å². The molecule has 5 nitrogen and oxygen atoms in total. The van der Waals surface area contributed by atoms with Gasteiger partial charge in [0, 0.05) is 56.5 Å². The van der Waals surface area contributed by atoms with Crippen molar-refractivity contribution < 1.29 is 9.00 Å². The van der Waals surface area contributed by atoms with Gasteiger partial charge in [0.2, 0.25) is 0 Å². The minimum Gasteiger partial charge on any atom is -0.326 e. The van der Waals surface area contributed by atoms with Gasteiger partial charge in [0.1, 0.15) is 0 Å². The SMILES string of the molecule is CN1CCN(C2CCN(CC[S@](=O)c3ccccc3)CC2)C1=O. The predicted octanol–water partition coefficient (Wildman–Crippen LogP) is 1.63. The van der Waals surface area contributed by atoms with E-state index in [1.54, 1.807) is 4.90 Å². The third kappa shape index (κ3) is 3.93. The second kappa shape index (κ2) is 7.45. The van der Waals surface area contributed by atoms with Gasteiger partial charge in [-0.15, -0.1) is 0 Å². The van der Waals surface area contributed by atoms with Crippen molar-refractivity contribution in [2.75, 3.05) is 45.5 Å². The van der Waals surface area contributed by atoms with Crippen molar-refractivity contribution in [2.24, 2.45) is 0 Å². The minimum atomic E-state index is -0.919. The van der Waals surface area contributed by atoms with E-state index in [1.807, 2.05) is 42.3 Å². The van der Waals surface area contributed by atoms with E-state index in [0.717, 1.165) is 50.5 Å². The number of likely N-dealkylation sites (tertiary alicyclic amines) is 1. The molecule has 1 aromatic carbocycles. The third-order valence-corrected chi connectivity index (χ3v) is 6.20. The lowest BCUT2D eigenvalue weighted by atomic mass is 10.0.